The normalized spacial score (nSPS) is 16.8. The van der Waals surface area contributed by atoms with Gasteiger partial charge in [0.1, 0.15) is 23.7 Å². The predicted octanol–water partition coefficient (Wildman–Crippen LogP) is 2.32. The molecule has 0 spiro atoms. The van der Waals surface area contributed by atoms with Crippen LogP contribution in [0.1, 0.15) is 44.3 Å². The molecular formula is C23H31N7O6S. The minimum Gasteiger partial charge on any atom is -0.489 e. The first kappa shape index (κ1) is 26.7. The number of hydrogen-bond acceptors (Lipinski definition) is 11. The highest BCUT2D eigenvalue weighted by atomic mass is 32.2. The van der Waals surface area contributed by atoms with Gasteiger partial charge in [-0.3, -0.25) is 9.29 Å². The topological polar surface area (TPSA) is 152 Å². The number of hydrogen-bond donors (Lipinski definition) is 1. The number of rotatable bonds is 10. The summed E-state index contributed by atoms with van der Waals surface area (Å²) in [5.41, 5.74) is 1.22. The molecule has 0 saturated carbocycles. The second kappa shape index (κ2) is 10.9. The van der Waals surface area contributed by atoms with Crippen molar-refractivity contribution in [2.24, 2.45) is 0 Å². The van der Waals surface area contributed by atoms with Gasteiger partial charge in [-0.15, -0.1) is 10.2 Å². The first-order valence-electron chi connectivity index (χ1n) is 11.7. The molecule has 14 heteroatoms. The second-order valence-electron chi connectivity index (χ2n) is 8.91. The number of nitrogens with zero attached hydrogens (tertiary/aromatic N) is 6. The van der Waals surface area contributed by atoms with Crippen LogP contribution in [-0.4, -0.2) is 76.9 Å². The van der Waals surface area contributed by atoms with Crippen molar-refractivity contribution >= 4 is 16.0 Å². The predicted molar refractivity (Wildman–Crippen MR) is 134 cm³/mol. The van der Waals surface area contributed by atoms with Crippen molar-refractivity contribution in [3.63, 3.8) is 0 Å². The number of aryl methyl sites for hydroxylation is 1. The zero-order chi connectivity index (χ0) is 26.7. The molecule has 1 aliphatic heterocycles. The quantitative estimate of drug-likeness (QED) is 0.408. The van der Waals surface area contributed by atoms with Crippen molar-refractivity contribution in [3.05, 3.63) is 35.9 Å². The van der Waals surface area contributed by atoms with Gasteiger partial charge in [0.05, 0.1) is 25.9 Å². The molecule has 0 aromatic carbocycles. The summed E-state index contributed by atoms with van der Waals surface area (Å²) >= 11 is 0. The minimum atomic E-state index is -4.07. The van der Waals surface area contributed by atoms with E-state index in [1.54, 1.807) is 36.2 Å². The molecule has 1 aliphatic rings. The van der Waals surface area contributed by atoms with Crippen molar-refractivity contribution in [2.45, 2.75) is 51.2 Å². The van der Waals surface area contributed by atoms with Crippen molar-refractivity contribution < 1.29 is 27.4 Å². The van der Waals surface area contributed by atoms with E-state index in [0.29, 0.717) is 23.1 Å². The van der Waals surface area contributed by atoms with Gasteiger partial charge in [0.15, 0.2) is 17.3 Å². The van der Waals surface area contributed by atoms with Crippen LogP contribution >= 0.6 is 0 Å². The molecular weight excluding hydrogens is 502 g/mol. The molecule has 4 rings (SSSR count). The highest BCUT2D eigenvalue weighted by molar-refractivity contribution is 7.93. The number of anilines is 1. The maximum Gasteiger partial charge on any atom is 0.240 e. The molecule has 0 amide bonds. The molecule has 0 aliphatic carbocycles. The van der Waals surface area contributed by atoms with Crippen molar-refractivity contribution in [1.82, 2.24) is 29.7 Å². The average molecular weight is 534 g/mol. The first-order chi connectivity index (χ1) is 17.6. The van der Waals surface area contributed by atoms with Crippen LogP contribution in [0.5, 0.6) is 11.6 Å². The Kier molecular flexibility index (Phi) is 7.90. The summed E-state index contributed by atoms with van der Waals surface area (Å²) < 4.78 is 54.0. The van der Waals surface area contributed by atoms with Crippen molar-refractivity contribution in [1.29, 1.82) is 0 Å². The summed E-state index contributed by atoms with van der Waals surface area (Å²) in [7, 11) is -1.02. The molecule has 0 radical (unpaired) electrons. The van der Waals surface area contributed by atoms with Gasteiger partial charge in [0, 0.05) is 25.6 Å². The fourth-order valence-corrected chi connectivity index (χ4v) is 4.96. The van der Waals surface area contributed by atoms with E-state index in [4.69, 9.17) is 18.9 Å². The third-order valence-corrected chi connectivity index (χ3v) is 7.42. The molecule has 2 unspecified atom stereocenters. The Morgan fingerprint density at radius 1 is 1.16 bits per heavy atom. The Balaban J connectivity index is 1.72. The molecule has 3 aromatic rings. The standard InChI is InChI=1S/C23H31N7O6S/c1-13(2)36-20(21-24-9-14(3)10-25-21)15(4)37(31,32)29-23-28-27-22-19-17(7-8-18(26-19)34-6)35-12-16(11-33-5)30(22)23/h7-10,13,15-16,20H,11-12H2,1-6H3,(H,28,29)/t15?,16-,20?/m1/s1. The summed E-state index contributed by atoms with van der Waals surface area (Å²) in [6.07, 6.45) is 2.06. The lowest BCUT2D eigenvalue weighted by molar-refractivity contribution is 0.00152. The van der Waals surface area contributed by atoms with Crippen molar-refractivity contribution in [3.8, 4) is 23.1 Å². The minimum absolute atomic E-state index is 0.00177. The molecule has 1 N–H and O–H groups in total. The number of ether oxygens (including phenoxy) is 4. The van der Waals surface area contributed by atoms with Crippen LogP contribution < -0.4 is 14.2 Å². The number of nitrogens with one attached hydrogen (secondary N) is 1. The largest absolute Gasteiger partial charge is 0.489 e. The Morgan fingerprint density at radius 3 is 2.54 bits per heavy atom. The van der Waals surface area contributed by atoms with Gasteiger partial charge in [-0.25, -0.2) is 23.4 Å². The summed E-state index contributed by atoms with van der Waals surface area (Å²) in [4.78, 5) is 13.1. The van der Waals surface area contributed by atoms with Gasteiger partial charge < -0.3 is 18.9 Å². The maximum atomic E-state index is 13.6. The average Bonchev–Trinajstić information content (AvgIpc) is 3.20. The molecule has 0 saturated heterocycles. The molecule has 200 valence electrons. The molecule has 0 fully saturated rings. The lowest BCUT2D eigenvalue weighted by Gasteiger charge is -2.26. The third-order valence-electron chi connectivity index (χ3n) is 5.73. The summed E-state index contributed by atoms with van der Waals surface area (Å²) in [5.74, 6) is 1.41. The van der Waals surface area contributed by atoms with Gasteiger partial charge >= 0.3 is 0 Å². The van der Waals surface area contributed by atoms with Gasteiger partial charge in [-0.05, 0) is 39.3 Å². The lowest BCUT2D eigenvalue weighted by Crippen LogP contribution is -2.35. The highest BCUT2D eigenvalue weighted by Gasteiger charge is 2.37. The lowest BCUT2D eigenvalue weighted by atomic mass is 10.2. The second-order valence-corrected chi connectivity index (χ2v) is 11.0. The number of sulfonamides is 1. The molecule has 4 heterocycles. The Morgan fingerprint density at radius 2 is 1.89 bits per heavy atom. The number of fused-ring (bicyclic) bond motifs is 3. The summed E-state index contributed by atoms with van der Waals surface area (Å²) in [5, 5.41) is 7.33. The van der Waals surface area contributed by atoms with E-state index in [1.165, 1.54) is 14.0 Å². The van der Waals surface area contributed by atoms with Crippen LogP contribution in [-0.2, 0) is 19.5 Å². The first-order valence-corrected chi connectivity index (χ1v) is 13.3. The Hall–Kier alpha value is -3.36. The van der Waals surface area contributed by atoms with E-state index in [1.807, 2.05) is 20.8 Å². The molecule has 37 heavy (non-hydrogen) atoms. The van der Waals surface area contributed by atoms with Crippen LogP contribution in [0.4, 0.5) is 5.95 Å². The maximum absolute atomic E-state index is 13.6. The smallest absolute Gasteiger partial charge is 0.240 e. The van der Waals surface area contributed by atoms with Crippen LogP contribution in [0.15, 0.2) is 24.5 Å². The van der Waals surface area contributed by atoms with Gasteiger partial charge in [-0.1, -0.05) is 0 Å². The van der Waals surface area contributed by atoms with E-state index in [0.717, 1.165) is 5.56 Å². The number of aromatic nitrogens is 6. The van der Waals surface area contributed by atoms with Crippen LogP contribution in [0.25, 0.3) is 11.5 Å². The Bertz CT molecular complexity index is 1330. The van der Waals surface area contributed by atoms with E-state index in [-0.39, 0.29) is 31.1 Å². The molecule has 13 nitrogen and oxygen atoms in total. The van der Waals surface area contributed by atoms with E-state index in [2.05, 4.69) is 29.9 Å². The van der Waals surface area contributed by atoms with Crippen LogP contribution in [0.2, 0.25) is 0 Å². The molecule has 3 atom stereocenters. The molecule has 0 bridgehead atoms. The van der Waals surface area contributed by atoms with Gasteiger partial charge in [-0.2, -0.15) is 0 Å². The zero-order valence-electron chi connectivity index (χ0n) is 21.6. The number of methoxy groups -OCH3 is 2. The Labute approximate surface area is 215 Å². The van der Waals surface area contributed by atoms with Gasteiger partial charge in [0.2, 0.25) is 21.9 Å². The fraction of sp³-hybridized carbons (Fsp3) is 0.522. The molecule has 3 aromatic heterocycles. The zero-order valence-corrected chi connectivity index (χ0v) is 22.4. The fourth-order valence-electron chi connectivity index (χ4n) is 3.87. The SMILES string of the molecule is COC[C@@H]1COc2ccc(OC)nc2-c2nnc(NS(=O)(=O)C(C)C(OC(C)C)c3ncc(C)cn3)n21. The van der Waals surface area contributed by atoms with Crippen LogP contribution in [0.3, 0.4) is 0 Å². The summed E-state index contributed by atoms with van der Waals surface area (Å²) in [6, 6.07) is 2.95. The third kappa shape index (κ3) is 5.65. The number of pyridine rings is 1. The van der Waals surface area contributed by atoms with E-state index < -0.39 is 27.4 Å². The highest BCUT2D eigenvalue weighted by Crippen LogP contribution is 2.36. The van der Waals surface area contributed by atoms with E-state index in [9.17, 15) is 8.42 Å². The van der Waals surface area contributed by atoms with Crippen molar-refractivity contribution in [2.75, 3.05) is 32.2 Å². The van der Waals surface area contributed by atoms with Crippen LogP contribution in [0, 0.1) is 6.92 Å². The monoisotopic (exact) mass is 533 g/mol. The van der Waals surface area contributed by atoms with E-state index >= 15 is 0 Å². The summed E-state index contributed by atoms with van der Waals surface area (Å²) in [6.45, 7) is 7.43. The van der Waals surface area contributed by atoms with Gasteiger partial charge in [0.25, 0.3) is 0 Å².